The fourth-order valence-electron chi connectivity index (χ4n) is 3.87. The van der Waals surface area contributed by atoms with E-state index in [0.717, 1.165) is 43.5 Å². The van der Waals surface area contributed by atoms with E-state index in [1.807, 2.05) is 42.5 Å². The van der Waals surface area contributed by atoms with E-state index in [9.17, 15) is 9.59 Å². The zero-order valence-electron chi connectivity index (χ0n) is 17.0. The molecule has 3 rings (SSSR count). The van der Waals surface area contributed by atoms with E-state index in [2.05, 4.69) is 43.1 Å². The van der Waals surface area contributed by atoms with Crippen molar-refractivity contribution in [1.29, 1.82) is 0 Å². The van der Waals surface area contributed by atoms with Crippen molar-refractivity contribution in [2.45, 2.75) is 39.7 Å². The number of carbonyl (C=O) groups is 2. The van der Waals surface area contributed by atoms with Crippen molar-refractivity contribution in [3.05, 3.63) is 65.7 Å². The number of rotatable bonds is 5. The smallest absolute Gasteiger partial charge is 0.223 e. The maximum atomic E-state index is 13.0. The van der Waals surface area contributed by atoms with Gasteiger partial charge in [0.25, 0.3) is 0 Å². The average Bonchev–Trinajstić information content (AvgIpc) is 2.72. The lowest BCUT2D eigenvalue weighted by molar-refractivity contribution is -0.127. The molecule has 0 aromatic heterocycles. The second-order valence-corrected chi connectivity index (χ2v) is 8.69. The van der Waals surface area contributed by atoms with Gasteiger partial charge in [0, 0.05) is 30.3 Å². The van der Waals surface area contributed by atoms with Gasteiger partial charge in [0.1, 0.15) is 6.29 Å². The summed E-state index contributed by atoms with van der Waals surface area (Å²) in [5, 5.41) is 3.32. The molecule has 0 unspecified atom stereocenters. The third kappa shape index (κ3) is 4.80. The third-order valence-electron chi connectivity index (χ3n) is 5.55. The fourth-order valence-corrected chi connectivity index (χ4v) is 3.87. The zero-order chi connectivity index (χ0) is 20.1. The summed E-state index contributed by atoms with van der Waals surface area (Å²) < 4.78 is 0. The molecule has 0 bridgehead atoms. The quantitative estimate of drug-likeness (QED) is 0.773. The summed E-state index contributed by atoms with van der Waals surface area (Å²) in [6, 6.07) is 17.9. The molecule has 148 valence electrons. The number of aldehydes is 1. The topological polar surface area (TPSA) is 49.4 Å². The minimum absolute atomic E-state index is 0.00452. The lowest BCUT2D eigenvalue weighted by Crippen LogP contribution is -2.44. The molecule has 0 radical (unpaired) electrons. The Morgan fingerprint density at radius 2 is 1.64 bits per heavy atom. The van der Waals surface area contributed by atoms with Gasteiger partial charge in [-0.2, -0.15) is 0 Å². The Labute approximate surface area is 167 Å². The van der Waals surface area contributed by atoms with Crippen LogP contribution in [0.25, 0.3) is 0 Å². The molecule has 1 N–H and O–H groups in total. The third-order valence-corrected chi connectivity index (χ3v) is 5.55. The van der Waals surface area contributed by atoms with Crippen molar-refractivity contribution in [3.8, 4) is 0 Å². The number of hydrogen-bond acceptors (Lipinski definition) is 3. The van der Waals surface area contributed by atoms with Crippen molar-refractivity contribution in [2.75, 3.05) is 18.0 Å². The van der Waals surface area contributed by atoms with Crippen molar-refractivity contribution in [1.82, 2.24) is 5.32 Å². The van der Waals surface area contributed by atoms with Gasteiger partial charge in [0.05, 0.1) is 6.04 Å². The van der Waals surface area contributed by atoms with Gasteiger partial charge in [0.15, 0.2) is 0 Å². The van der Waals surface area contributed by atoms with E-state index in [1.165, 1.54) is 0 Å². The molecule has 0 saturated carbocycles. The molecule has 1 amide bonds. The summed E-state index contributed by atoms with van der Waals surface area (Å²) >= 11 is 0. The summed E-state index contributed by atoms with van der Waals surface area (Å²) in [4.78, 5) is 26.1. The second kappa shape index (κ2) is 8.59. The van der Waals surface area contributed by atoms with Crippen LogP contribution in [0.4, 0.5) is 5.69 Å². The first kappa shape index (κ1) is 20.1. The number of carbonyl (C=O) groups excluding carboxylic acids is 2. The summed E-state index contributed by atoms with van der Waals surface area (Å²) in [5.74, 6) is 0.193. The largest absolute Gasteiger partial charge is 0.371 e. The molecule has 1 heterocycles. The molecule has 1 saturated heterocycles. The molecular formula is C24H30N2O2. The van der Waals surface area contributed by atoms with Crippen LogP contribution >= 0.6 is 0 Å². The Kier molecular flexibility index (Phi) is 6.18. The van der Waals surface area contributed by atoms with E-state index in [0.29, 0.717) is 5.56 Å². The Bertz CT molecular complexity index is 786. The molecule has 2 aromatic carbocycles. The average molecular weight is 379 g/mol. The first-order chi connectivity index (χ1) is 13.4. The highest BCUT2D eigenvalue weighted by Gasteiger charge is 2.31. The predicted molar refractivity (Wildman–Crippen MR) is 114 cm³/mol. The minimum atomic E-state index is -0.0575. The summed E-state index contributed by atoms with van der Waals surface area (Å²) in [6.45, 7) is 8.19. The molecular weight excluding hydrogens is 348 g/mol. The molecule has 2 aromatic rings. The molecule has 4 heteroatoms. The van der Waals surface area contributed by atoms with Crippen LogP contribution in [-0.4, -0.2) is 25.3 Å². The SMILES string of the molecule is CC(C)(C)[C@H](NC(=O)C1CCN(c2ccc(C=O)cc2)CC1)c1ccccc1. The Balaban J connectivity index is 1.61. The van der Waals surface area contributed by atoms with Gasteiger partial charge in [-0.3, -0.25) is 9.59 Å². The van der Waals surface area contributed by atoms with Crippen LogP contribution in [0.15, 0.2) is 54.6 Å². The van der Waals surface area contributed by atoms with Crippen LogP contribution in [-0.2, 0) is 4.79 Å². The van der Waals surface area contributed by atoms with Gasteiger partial charge in [-0.15, -0.1) is 0 Å². The number of anilines is 1. The number of hydrogen-bond donors (Lipinski definition) is 1. The van der Waals surface area contributed by atoms with Crippen molar-refractivity contribution in [2.24, 2.45) is 11.3 Å². The standard InChI is InChI=1S/C24H30N2O2/c1-24(2,3)22(19-7-5-4-6-8-19)25-23(28)20-13-15-26(16-14-20)21-11-9-18(17-27)10-12-21/h4-12,17,20,22H,13-16H2,1-3H3,(H,25,28)/t22-/m1/s1. The highest BCUT2D eigenvalue weighted by atomic mass is 16.2. The Morgan fingerprint density at radius 3 is 2.18 bits per heavy atom. The van der Waals surface area contributed by atoms with Gasteiger partial charge in [-0.25, -0.2) is 0 Å². The van der Waals surface area contributed by atoms with Gasteiger partial charge in [-0.1, -0.05) is 51.1 Å². The highest BCUT2D eigenvalue weighted by Crippen LogP contribution is 2.33. The second-order valence-electron chi connectivity index (χ2n) is 8.69. The lowest BCUT2D eigenvalue weighted by atomic mass is 9.81. The van der Waals surface area contributed by atoms with E-state index in [4.69, 9.17) is 0 Å². The minimum Gasteiger partial charge on any atom is -0.371 e. The summed E-state index contributed by atoms with van der Waals surface area (Å²) in [7, 11) is 0. The van der Waals surface area contributed by atoms with Gasteiger partial charge >= 0.3 is 0 Å². The first-order valence-corrected chi connectivity index (χ1v) is 10.0. The van der Waals surface area contributed by atoms with Gasteiger partial charge in [0.2, 0.25) is 5.91 Å². The van der Waals surface area contributed by atoms with Crippen molar-refractivity contribution >= 4 is 17.9 Å². The molecule has 1 atom stereocenters. The zero-order valence-corrected chi connectivity index (χ0v) is 17.0. The maximum absolute atomic E-state index is 13.0. The van der Waals surface area contributed by atoms with Crippen LogP contribution in [0.1, 0.15) is 55.6 Å². The van der Waals surface area contributed by atoms with Crippen LogP contribution in [0.2, 0.25) is 0 Å². The number of nitrogens with one attached hydrogen (secondary N) is 1. The van der Waals surface area contributed by atoms with Crippen LogP contribution in [0.5, 0.6) is 0 Å². The monoisotopic (exact) mass is 378 g/mol. The molecule has 0 spiro atoms. The summed E-state index contributed by atoms with van der Waals surface area (Å²) in [6.07, 6.45) is 2.54. The van der Waals surface area contributed by atoms with E-state index < -0.39 is 0 Å². The van der Waals surface area contributed by atoms with Crippen molar-refractivity contribution < 1.29 is 9.59 Å². The maximum Gasteiger partial charge on any atom is 0.223 e. The first-order valence-electron chi connectivity index (χ1n) is 10.0. The number of piperidine rings is 1. The molecule has 1 aliphatic heterocycles. The van der Waals surface area contributed by atoms with Crippen molar-refractivity contribution in [3.63, 3.8) is 0 Å². The van der Waals surface area contributed by atoms with Crippen LogP contribution in [0, 0.1) is 11.3 Å². The van der Waals surface area contributed by atoms with E-state index in [-0.39, 0.29) is 23.3 Å². The van der Waals surface area contributed by atoms with E-state index >= 15 is 0 Å². The molecule has 1 aliphatic rings. The molecule has 1 fully saturated rings. The Morgan fingerprint density at radius 1 is 1.04 bits per heavy atom. The Hall–Kier alpha value is -2.62. The van der Waals surface area contributed by atoms with E-state index in [1.54, 1.807) is 0 Å². The number of nitrogens with zero attached hydrogens (tertiary/aromatic N) is 1. The van der Waals surface area contributed by atoms with Crippen LogP contribution in [0.3, 0.4) is 0 Å². The molecule has 28 heavy (non-hydrogen) atoms. The predicted octanol–water partition coefficient (Wildman–Crippen LogP) is 4.62. The normalized spacial score (nSPS) is 16.5. The lowest BCUT2D eigenvalue weighted by Gasteiger charge is -2.36. The van der Waals surface area contributed by atoms with Gasteiger partial charge < -0.3 is 10.2 Å². The highest BCUT2D eigenvalue weighted by molar-refractivity contribution is 5.79. The van der Waals surface area contributed by atoms with Gasteiger partial charge in [-0.05, 0) is 48.1 Å². The summed E-state index contributed by atoms with van der Waals surface area (Å²) in [5.41, 5.74) is 2.89. The molecule has 4 nitrogen and oxygen atoms in total. The van der Waals surface area contributed by atoms with Crippen LogP contribution < -0.4 is 10.2 Å². The number of benzene rings is 2. The number of amides is 1. The fraction of sp³-hybridized carbons (Fsp3) is 0.417. The molecule has 0 aliphatic carbocycles.